The first kappa shape index (κ1) is 9.99. The molecule has 0 bridgehead atoms. The quantitative estimate of drug-likeness (QED) is 0.584. The van der Waals surface area contributed by atoms with E-state index in [1.165, 1.54) is 6.07 Å². The summed E-state index contributed by atoms with van der Waals surface area (Å²) in [6, 6.07) is 6.35. The lowest BCUT2D eigenvalue weighted by molar-refractivity contribution is -0.385. The fourth-order valence-electron chi connectivity index (χ4n) is 1.15. The van der Waals surface area contributed by atoms with Gasteiger partial charge in [-0.1, -0.05) is 6.07 Å². The fraction of sp³-hybridized carbons (Fsp3) is 0.222. The van der Waals surface area contributed by atoms with Gasteiger partial charge in [-0.2, -0.15) is 5.26 Å². The van der Waals surface area contributed by atoms with E-state index in [4.69, 9.17) is 5.26 Å². The molecule has 0 heterocycles. The Hall–Kier alpha value is -2.09. The van der Waals surface area contributed by atoms with Gasteiger partial charge in [0.1, 0.15) is 6.07 Å². The lowest BCUT2D eigenvalue weighted by Gasteiger charge is -2.04. The van der Waals surface area contributed by atoms with Crippen molar-refractivity contribution < 1.29 is 4.92 Å². The third-order valence-corrected chi connectivity index (χ3v) is 1.72. The normalized spacial score (nSPS) is 9.14. The van der Waals surface area contributed by atoms with E-state index in [0.29, 0.717) is 12.2 Å². The summed E-state index contributed by atoms with van der Waals surface area (Å²) in [6.45, 7) is 2.48. The smallest absolute Gasteiger partial charge is 0.289 e. The first-order valence-corrected chi connectivity index (χ1v) is 4.12. The van der Waals surface area contributed by atoms with E-state index < -0.39 is 4.92 Å². The Bertz CT molecular complexity index is 396. The van der Waals surface area contributed by atoms with Crippen LogP contribution in [-0.2, 0) is 0 Å². The van der Waals surface area contributed by atoms with Gasteiger partial charge in [0, 0.05) is 12.6 Å². The summed E-state index contributed by atoms with van der Waals surface area (Å²) < 4.78 is 0. The second-order valence-electron chi connectivity index (χ2n) is 2.60. The number of nitriles is 1. The van der Waals surface area contributed by atoms with E-state index in [-0.39, 0.29) is 11.3 Å². The number of hydrogen-bond donors (Lipinski definition) is 1. The Morgan fingerprint density at radius 1 is 1.64 bits per heavy atom. The van der Waals surface area contributed by atoms with E-state index in [0.717, 1.165) is 0 Å². The summed E-state index contributed by atoms with van der Waals surface area (Å²) in [7, 11) is 0. The first-order chi connectivity index (χ1) is 6.70. The van der Waals surface area contributed by atoms with Gasteiger partial charge in [-0.3, -0.25) is 10.1 Å². The predicted octanol–water partition coefficient (Wildman–Crippen LogP) is 1.90. The summed E-state index contributed by atoms with van der Waals surface area (Å²) >= 11 is 0. The van der Waals surface area contributed by atoms with Gasteiger partial charge in [0.25, 0.3) is 5.69 Å². The zero-order chi connectivity index (χ0) is 10.6. The van der Waals surface area contributed by atoms with Crippen LogP contribution < -0.4 is 5.32 Å². The van der Waals surface area contributed by atoms with Crippen LogP contribution in [0.15, 0.2) is 18.2 Å². The zero-order valence-electron chi connectivity index (χ0n) is 7.65. The number of hydrogen-bond acceptors (Lipinski definition) is 4. The number of anilines is 1. The highest BCUT2D eigenvalue weighted by Crippen LogP contribution is 2.24. The highest BCUT2D eigenvalue weighted by molar-refractivity contribution is 5.66. The van der Waals surface area contributed by atoms with Crippen molar-refractivity contribution in [2.24, 2.45) is 0 Å². The van der Waals surface area contributed by atoms with Crippen molar-refractivity contribution in [3.8, 4) is 6.07 Å². The molecular weight excluding hydrogens is 182 g/mol. The number of nitrogens with one attached hydrogen (secondary N) is 1. The van der Waals surface area contributed by atoms with Crippen LogP contribution in [-0.4, -0.2) is 11.5 Å². The minimum atomic E-state index is -0.556. The van der Waals surface area contributed by atoms with E-state index in [2.05, 4.69) is 5.32 Å². The van der Waals surface area contributed by atoms with Gasteiger partial charge in [0.05, 0.1) is 10.6 Å². The molecule has 1 rings (SSSR count). The minimum absolute atomic E-state index is 0.0827. The van der Waals surface area contributed by atoms with Gasteiger partial charge < -0.3 is 5.32 Å². The highest BCUT2D eigenvalue weighted by atomic mass is 16.6. The van der Waals surface area contributed by atoms with Crippen molar-refractivity contribution in [1.82, 2.24) is 0 Å². The summed E-state index contributed by atoms with van der Waals surface area (Å²) in [5, 5.41) is 22.2. The van der Waals surface area contributed by atoms with Crippen molar-refractivity contribution in [2.75, 3.05) is 11.9 Å². The third-order valence-electron chi connectivity index (χ3n) is 1.72. The van der Waals surface area contributed by atoms with E-state index in [1.807, 2.05) is 13.0 Å². The van der Waals surface area contributed by atoms with Gasteiger partial charge in [-0.25, -0.2) is 0 Å². The van der Waals surface area contributed by atoms with Crippen molar-refractivity contribution in [3.63, 3.8) is 0 Å². The number of nitro groups is 1. The maximum Gasteiger partial charge on any atom is 0.289 e. The van der Waals surface area contributed by atoms with Crippen LogP contribution >= 0.6 is 0 Å². The average molecular weight is 191 g/mol. The molecule has 5 heteroatoms. The molecule has 0 radical (unpaired) electrons. The molecule has 0 aliphatic rings. The Balaban J connectivity index is 3.27. The SMILES string of the molecule is CCNc1cccc([N+](=O)[O-])c1C#N. The van der Waals surface area contributed by atoms with Crippen LogP contribution in [0.1, 0.15) is 12.5 Å². The molecule has 0 saturated carbocycles. The number of nitrogens with zero attached hydrogens (tertiary/aromatic N) is 2. The summed E-state index contributed by atoms with van der Waals surface area (Å²) in [5.74, 6) is 0. The van der Waals surface area contributed by atoms with Crippen LogP contribution in [0, 0.1) is 21.4 Å². The van der Waals surface area contributed by atoms with Crippen molar-refractivity contribution in [1.29, 1.82) is 5.26 Å². The van der Waals surface area contributed by atoms with Gasteiger partial charge in [-0.05, 0) is 13.0 Å². The molecule has 72 valence electrons. The highest BCUT2D eigenvalue weighted by Gasteiger charge is 2.16. The molecule has 0 fully saturated rings. The Labute approximate surface area is 81.1 Å². The van der Waals surface area contributed by atoms with Gasteiger partial charge in [-0.15, -0.1) is 0 Å². The van der Waals surface area contributed by atoms with Gasteiger partial charge >= 0.3 is 0 Å². The van der Waals surface area contributed by atoms with Crippen LogP contribution in [0.2, 0.25) is 0 Å². The topological polar surface area (TPSA) is 79.0 Å². The standard InChI is InChI=1S/C9H9N3O2/c1-2-11-8-4-3-5-9(12(13)14)7(8)6-10/h3-5,11H,2H2,1H3. The van der Waals surface area contributed by atoms with Crippen LogP contribution in [0.5, 0.6) is 0 Å². The largest absolute Gasteiger partial charge is 0.384 e. The summed E-state index contributed by atoms with van der Waals surface area (Å²) in [4.78, 5) is 10.0. The van der Waals surface area contributed by atoms with Gasteiger partial charge in [0.15, 0.2) is 5.56 Å². The molecule has 0 saturated heterocycles. The predicted molar refractivity (Wildman–Crippen MR) is 52.0 cm³/mol. The monoisotopic (exact) mass is 191 g/mol. The molecule has 0 spiro atoms. The Morgan fingerprint density at radius 3 is 2.86 bits per heavy atom. The summed E-state index contributed by atoms with van der Waals surface area (Å²) in [6.07, 6.45) is 0. The maximum atomic E-state index is 10.6. The van der Waals surface area contributed by atoms with Crippen molar-refractivity contribution in [2.45, 2.75) is 6.92 Å². The lowest BCUT2D eigenvalue weighted by Crippen LogP contribution is -2.01. The molecule has 0 aliphatic heterocycles. The molecule has 0 aromatic heterocycles. The van der Waals surface area contributed by atoms with E-state index in [9.17, 15) is 10.1 Å². The third kappa shape index (κ3) is 1.80. The van der Waals surface area contributed by atoms with Crippen molar-refractivity contribution >= 4 is 11.4 Å². The molecule has 1 aromatic carbocycles. The molecule has 1 aromatic rings. The molecular formula is C9H9N3O2. The molecule has 1 N–H and O–H groups in total. The lowest BCUT2D eigenvalue weighted by atomic mass is 10.1. The minimum Gasteiger partial charge on any atom is -0.384 e. The molecule has 5 nitrogen and oxygen atoms in total. The van der Waals surface area contributed by atoms with Crippen LogP contribution in [0.3, 0.4) is 0 Å². The summed E-state index contributed by atoms with van der Waals surface area (Å²) in [5.41, 5.74) is 0.425. The van der Waals surface area contributed by atoms with Gasteiger partial charge in [0.2, 0.25) is 0 Å². The molecule has 0 unspecified atom stereocenters. The zero-order valence-corrected chi connectivity index (χ0v) is 7.65. The second kappa shape index (κ2) is 4.23. The number of benzene rings is 1. The first-order valence-electron chi connectivity index (χ1n) is 4.12. The molecule has 14 heavy (non-hydrogen) atoms. The molecule has 0 amide bonds. The Morgan fingerprint density at radius 2 is 2.36 bits per heavy atom. The van der Waals surface area contributed by atoms with E-state index >= 15 is 0 Å². The molecule has 0 atom stereocenters. The second-order valence-corrected chi connectivity index (χ2v) is 2.60. The van der Waals surface area contributed by atoms with Crippen LogP contribution in [0.25, 0.3) is 0 Å². The molecule has 0 aliphatic carbocycles. The number of rotatable bonds is 3. The fourth-order valence-corrected chi connectivity index (χ4v) is 1.15. The average Bonchev–Trinajstić information content (AvgIpc) is 2.18. The van der Waals surface area contributed by atoms with E-state index in [1.54, 1.807) is 12.1 Å². The number of nitro benzene ring substituents is 1. The van der Waals surface area contributed by atoms with Crippen LogP contribution in [0.4, 0.5) is 11.4 Å². The Kier molecular flexibility index (Phi) is 3.02. The maximum absolute atomic E-state index is 10.6. The van der Waals surface area contributed by atoms with Crippen molar-refractivity contribution in [3.05, 3.63) is 33.9 Å².